The standard InChI is InChI=1S/C19H14N4O/c1-13-12-24-19(22-13)17-16(14-6-3-2-4-7-14)11-21-23-18(17)15-8-5-9-20-10-15/h2-12H,1H3. The van der Waals surface area contributed by atoms with Gasteiger partial charge in [-0.3, -0.25) is 4.98 Å². The van der Waals surface area contributed by atoms with E-state index in [0.29, 0.717) is 11.6 Å². The Labute approximate surface area is 139 Å². The van der Waals surface area contributed by atoms with Crippen LogP contribution in [0.4, 0.5) is 0 Å². The van der Waals surface area contributed by atoms with Gasteiger partial charge in [0.05, 0.1) is 17.5 Å². The van der Waals surface area contributed by atoms with Crippen molar-refractivity contribution in [1.82, 2.24) is 20.2 Å². The van der Waals surface area contributed by atoms with Crippen LogP contribution in [0.25, 0.3) is 33.8 Å². The van der Waals surface area contributed by atoms with Crippen LogP contribution in [0.3, 0.4) is 0 Å². The van der Waals surface area contributed by atoms with Crippen LogP contribution < -0.4 is 0 Å². The normalized spacial score (nSPS) is 10.7. The van der Waals surface area contributed by atoms with E-state index in [0.717, 1.165) is 27.9 Å². The molecular formula is C19H14N4O. The number of hydrogen-bond acceptors (Lipinski definition) is 5. The lowest BCUT2D eigenvalue weighted by atomic mass is 9.98. The van der Waals surface area contributed by atoms with Gasteiger partial charge in [0, 0.05) is 23.5 Å². The molecule has 3 aromatic heterocycles. The number of nitrogens with zero attached hydrogens (tertiary/aromatic N) is 4. The number of aromatic nitrogens is 4. The highest BCUT2D eigenvalue weighted by Crippen LogP contribution is 2.37. The zero-order valence-corrected chi connectivity index (χ0v) is 13.0. The Kier molecular flexibility index (Phi) is 3.59. The second-order valence-corrected chi connectivity index (χ2v) is 5.38. The lowest BCUT2D eigenvalue weighted by molar-refractivity contribution is 0.573. The molecule has 5 heteroatoms. The molecule has 0 radical (unpaired) electrons. The SMILES string of the molecule is Cc1coc(-c2c(-c3ccccc3)cnnc2-c2cccnc2)n1. The molecule has 4 aromatic rings. The van der Waals surface area contributed by atoms with Crippen molar-refractivity contribution in [2.45, 2.75) is 6.92 Å². The highest BCUT2D eigenvalue weighted by Gasteiger charge is 2.20. The third-order valence-corrected chi connectivity index (χ3v) is 3.70. The molecule has 5 nitrogen and oxygen atoms in total. The summed E-state index contributed by atoms with van der Waals surface area (Å²) in [5.41, 5.74) is 5.16. The van der Waals surface area contributed by atoms with E-state index in [1.165, 1.54) is 0 Å². The van der Waals surface area contributed by atoms with Gasteiger partial charge in [0.15, 0.2) is 0 Å². The Morgan fingerprint density at radius 2 is 1.75 bits per heavy atom. The lowest BCUT2D eigenvalue weighted by Gasteiger charge is -2.10. The predicted molar refractivity (Wildman–Crippen MR) is 90.9 cm³/mol. The van der Waals surface area contributed by atoms with E-state index in [1.54, 1.807) is 24.9 Å². The fraction of sp³-hybridized carbons (Fsp3) is 0.0526. The van der Waals surface area contributed by atoms with Gasteiger partial charge in [0.25, 0.3) is 0 Å². The van der Waals surface area contributed by atoms with Gasteiger partial charge in [-0.25, -0.2) is 4.98 Å². The third kappa shape index (κ3) is 2.56. The van der Waals surface area contributed by atoms with E-state index in [2.05, 4.69) is 20.2 Å². The van der Waals surface area contributed by atoms with E-state index < -0.39 is 0 Å². The summed E-state index contributed by atoms with van der Waals surface area (Å²) in [7, 11) is 0. The Morgan fingerprint density at radius 1 is 0.917 bits per heavy atom. The van der Waals surface area contributed by atoms with Crippen molar-refractivity contribution >= 4 is 0 Å². The van der Waals surface area contributed by atoms with Crippen LogP contribution in [0.2, 0.25) is 0 Å². The molecule has 0 atom stereocenters. The van der Waals surface area contributed by atoms with E-state index >= 15 is 0 Å². The van der Waals surface area contributed by atoms with Gasteiger partial charge < -0.3 is 4.42 Å². The Morgan fingerprint density at radius 3 is 2.46 bits per heavy atom. The molecule has 0 aliphatic carbocycles. The molecule has 0 fully saturated rings. The van der Waals surface area contributed by atoms with Crippen LogP contribution in [-0.4, -0.2) is 20.2 Å². The quantitative estimate of drug-likeness (QED) is 0.568. The van der Waals surface area contributed by atoms with Gasteiger partial charge >= 0.3 is 0 Å². The summed E-state index contributed by atoms with van der Waals surface area (Å²) >= 11 is 0. The van der Waals surface area contributed by atoms with Gasteiger partial charge in [-0.1, -0.05) is 30.3 Å². The maximum absolute atomic E-state index is 5.68. The largest absolute Gasteiger partial charge is 0.444 e. The van der Waals surface area contributed by atoms with Crippen LogP contribution in [0, 0.1) is 6.92 Å². The minimum Gasteiger partial charge on any atom is -0.444 e. The molecule has 0 saturated heterocycles. The molecule has 0 amide bonds. The van der Waals surface area contributed by atoms with Crippen LogP contribution in [0.1, 0.15) is 5.69 Å². The maximum Gasteiger partial charge on any atom is 0.229 e. The topological polar surface area (TPSA) is 64.7 Å². The minimum absolute atomic E-state index is 0.528. The molecule has 0 aliphatic rings. The first-order valence-corrected chi connectivity index (χ1v) is 7.57. The summed E-state index contributed by atoms with van der Waals surface area (Å²) in [5.74, 6) is 0.528. The number of hydrogen-bond donors (Lipinski definition) is 0. The summed E-state index contributed by atoms with van der Waals surface area (Å²) in [5, 5.41) is 8.51. The highest BCUT2D eigenvalue weighted by atomic mass is 16.3. The van der Waals surface area contributed by atoms with Gasteiger partial charge in [-0.15, -0.1) is 5.10 Å². The number of pyridine rings is 1. The lowest BCUT2D eigenvalue weighted by Crippen LogP contribution is -1.96. The van der Waals surface area contributed by atoms with Crippen LogP contribution in [-0.2, 0) is 0 Å². The van der Waals surface area contributed by atoms with Gasteiger partial charge in [-0.05, 0) is 24.6 Å². The van der Waals surface area contributed by atoms with Crippen LogP contribution in [0.15, 0.2) is 71.7 Å². The van der Waals surface area contributed by atoms with Gasteiger partial charge in [0.2, 0.25) is 5.89 Å². The first-order chi connectivity index (χ1) is 11.8. The minimum atomic E-state index is 0.528. The number of rotatable bonds is 3. The molecule has 3 heterocycles. The molecule has 24 heavy (non-hydrogen) atoms. The highest BCUT2D eigenvalue weighted by molar-refractivity contribution is 5.88. The van der Waals surface area contributed by atoms with E-state index in [1.807, 2.05) is 49.4 Å². The summed E-state index contributed by atoms with van der Waals surface area (Å²) < 4.78 is 5.68. The first-order valence-electron chi connectivity index (χ1n) is 7.57. The summed E-state index contributed by atoms with van der Waals surface area (Å²) in [6.07, 6.45) is 6.87. The Hall–Kier alpha value is -3.34. The molecule has 0 saturated carbocycles. The van der Waals surface area contributed by atoms with Crippen LogP contribution in [0.5, 0.6) is 0 Å². The predicted octanol–water partition coefficient (Wildman–Crippen LogP) is 4.17. The van der Waals surface area contributed by atoms with E-state index in [-0.39, 0.29) is 0 Å². The maximum atomic E-state index is 5.68. The average Bonchev–Trinajstić information content (AvgIpc) is 3.08. The molecular weight excluding hydrogens is 300 g/mol. The van der Waals surface area contributed by atoms with Crippen molar-refractivity contribution < 1.29 is 4.42 Å². The smallest absolute Gasteiger partial charge is 0.229 e. The van der Waals surface area contributed by atoms with Crippen molar-refractivity contribution in [1.29, 1.82) is 0 Å². The van der Waals surface area contributed by atoms with Crippen molar-refractivity contribution in [3.63, 3.8) is 0 Å². The third-order valence-electron chi connectivity index (χ3n) is 3.70. The van der Waals surface area contributed by atoms with Crippen LogP contribution >= 0.6 is 0 Å². The van der Waals surface area contributed by atoms with Gasteiger partial charge in [0.1, 0.15) is 12.0 Å². The molecule has 0 bridgehead atoms. The first kappa shape index (κ1) is 14.3. The number of benzene rings is 1. The molecule has 0 N–H and O–H groups in total. The Balaban J connectivity index is 2.02. The van der Waals surface area contributed by atoms with Crippen molar-refractivity contribution in [3.8, 4) is 33.8 Å². The zero-order chi connectivity index (χ0) is 16.4. The fourth-order valence-electron chi connectivity index (χ4n) is 2.61. The number of aryl methyl sites for hydroxylation is 1. The van der Waals surface area contributed by atoms with E-state index in [4.69, 9.17) is 4.42 Å². The summed E-state index contributed by atoms with van der Waals surface area (Å²) in [6, 6.07) is 13.8. The average molecular weight is 314 g/mol. The Bertz CT molecular complexity index is 907. The fourth-order valence-corrected chi connectivity index (χ4v) is 2.61. The van der Waals surface area contributed by atoms with Gasteiger partial charge in [-0.2, -0.15) is 5.10 Å². The number of oxazole rings is 1. The molecule has 0 aliphatic heterocycles. The molecule has 0 unspecified atom stereocenters. The molecule has 0 spiro atoms. The second kappa shape index (κ2) is 6.04. The molecule has 116 valence electrons. The van der Waals surface area contributed by atoms with Crippen molar-refractivity contribution in [2.24, 2.45) is 0 Å². The monoisotopic (exact) mass is 314 g/mol. The zero-order valence-electron chi connectivity index (χ0n) is 13.0. The second-order valence-electron chi connectivity index (χ2n) is 5.38. The van der Waals surface area contributed by atoms with E-state index in [9.17, 15) is 0 Å². The summed E-state index contributed by atoms with van der Waals surface area (Å²) in [6.45, 7) is 1.90. The summed E-state index contributed by atoms with van der Waals surface area (Å²) in [4.78, 5) is 8.68. The molecule has 1 aromatic carbocycles. The van der Waals surface area contributed by atoms with Crippen molar-refractivity contribution in [3.05, 3.63) is 73.0 Å². The molecule has 4 rings (SSSR count). The van der Waals surface area contributed by atoms with Crippen molar-refractivity contribution in [2.75, 3.05) is 0 Å².